The molecule has 1 atom stereocenters. The van der Waals surface area contributed by atoms with Crippen molar-refractivity contribution in [2.75, 3.05) is 6.67 Å². The molecule has 0 saturated carbocycles. The molecule has 1 unspecified atom stereocenters. The molecule has 14 heavy (non-hydrogen) atoms. The van der Waals surface area contributed by atoms with Crippen LogP contribution in [0, 0.1) is 15.9 Å². The van der Waals surface area contributed by atoms with Gasteiger partial charge in [-0.05, 0) is 6.07 Å². The molecular formula is C9H9F2NO2. The molecule has 0 radical (unpaired) electrons. The van der Waals surface area contributed by atoms with E-state index in [1.165, 1.54) is 6.92 Å². The number of alkyl halides is 1. The first kappa shape index (κ1) is 10.6. The number of non-ortho nitro benzene ring substituents is 1. The minimum absolute atomic E-state index is 0.0432. The van der Waals surface area contributed by atoms with Crippen LogP contribution in [0.1, 0.15) is 18.4 Å². The van der Waals surface area contributed by atoms with Gasteiger partial charge in [0.25, 0.3) is 5.69 Å². The van der Waals surface area contributed by atoms with Crippen LogP contribution >= 0.6 is 0 Å². The lowest BCUT2D eigenvalue weighted by Crippen LogP contribution is -2.00. The second-order valence-corrected chi connectivity index (χ2v) is 3.02. The van der Waals surface area contributed by atoms with E-state index in [4.69, 9.17) is 0 Å². The van der Waals surface area contributed by atoms with E-state index >= 15 is 0 Å². The van der Waals surface area contributed by atoms with Crippen LogP contribution in [0.2, 0.25) is 0 Å². The van der Waals surface area contributed by atoms with Gasteiger partial charge in [0.2, 0.25) is 0 Å². The first-order chi connectivity index (χ1) is 6.56. The molecule has 0 aliphatic rings. The summed E-state index contributed by atoms with van der Waals surface area (Å²) in [5.74, 6) is -1.27. The highest BCUT2D eigenvalue weighted by molar-refractivity contribution is 5.36. The second-order valence-electron chi connectivity index (χ2n) is 3.02. The molecule has 0 fully saturated rings. The monoisotopic (exact) mass is 201 g/mol. The molecule has 0 saturated heterocycles. The highest BCUT2D eigenvalue weighted by Crippen LogP contribution is 2.24. The Hall–Kier alpha value is -1.52. The Morgan fingerprint density at radius 3 is 2.71 bits per heavy atom. The predicted octanol–water partition coefficient (Wildman–Crippen LogP) is 2.81. The summed E-state index contributed by atoms with van der Waals surface area (Å²) in [6.45, 7) is 0.736. The molecule has 1 aromatic rings. The maximum Gasteiger partial charge on any atom is 0.269 e. The third kappa shape index (κ3) is 2.04. The largest absolute Gasteiger partial charge is 0.269 e. The van der Waals surface area contributed by atoms with Gasteiger partial charge in [0.15, 0.2) is 0 Å². The number of halogens is 2. The lowest BCUT2D eigenvalue weighted by Gasteiger charge is -2.07. The summed E-state index contributed by atoms with van der Waals surface area (Å²) in [4.78, 5) is 9.73. The molecule has 0 aliphatic carbocycles. The molecule has 0 aliphatic heterocycles. The summed E-state index contributed by atoms with van der Waals surface area (Å²) >= 11 is 0. The average molecular weight is 201 g/mol. The van der Waals surface area contributed by atoms with Gasteiger partial charge in [0.1, 0.15) is 5.82 Å². The molecule has 1 aromatic carbocycles. The van der Waals surface area contributed by atoms with Crippen LogP contribution in [0.25, 0.3) is 0 Å². The van der Waals surface area contributed by atoms with Gasteiger partial charge in [-0.15, -0.1) is 0 Å². The van der Waals surface area contributed by atoms with E-state index in [1.807, 2.05) is 0 Å². The SMILES string of the molecule is CC(CF)c1cc([N+](=O)[O-])ccc1F. The molecule has 0 heterocycles. The maximum absolute atomic E-state index is 13.1. The number of hydrogen-bond acceptors (Lipinski definition) is 2. The number of rotatable bonds is 3. The van der Waals surface area contributed by atoms with Gasteiger partial charge < -0.3 is 0 Å². The van der Waals surface area contributed by atoms with Crippen molar-refractivity contribution >= 4 is 5.69 Å². The van der Waals surface area contributed by atoms with Crippen molar-refractivity contribution in [2.24, 2.45) is 0 Å². The third-order valence-corrected chi connectivity index (χ3v) is 1.95. The molecule has 0 N–H and O–H groups in total. The minimum atomic E-state index is -0.738. The molecule has 5 heteroatoms. The van der Waals surface area contributed by atoms with E-state index < -0.39 is 23.3 Å². The predicted molar refractivity (Wildman–Crippen MR) is 47.4 cm³/mol. The topological polar surface area (TPSA) is 43.1 Å². The molecule has 0 bridgehead atoms. The van der Waals surface area contributed by atoms with Gasteiger partial charge in [-0.25, -0.2) is 4.39 Å². The van der Waals surface area contributed by atoms with Crippen LogP contribution < -0.4 is 0 Å². The second kappa shape index (κ2) is 4.13. The van der Waals surface area contributed by atoms with E-state index in [1.54, 1.807) is 0 Å². The average Bonchev–Trinajstić information content (AvgIpc) is 2.17. The first-order valence-corrected chi connectivity index (χ1v) is 4.06. The van der Waals surface area contributed by atoms with Crippen LogP contribution in [0.3, 0.4) is 0 Å². The van der Waals surface area contributed by atoms with E-state index in [9.17, 15) is 18.9 Å². The maximum atomic E-state index is 13.1. The number of benzene rings is 1. The third-order valence-electron chi connectivity index (χ3n) is 1.95. The fourth-order valence-electron chi connectivity index (χ4n) is 1.11. The number of nitrogens with zero attached hydrogens (tertiary/aromatic N) is 1. The Morgan fingerprint density at radius 1 is 1.57 bits per heavy atom. The Labute approximate surface area is 79.5 Å². The summed E-state index contributed by atoms with van der Waals surface area (Å²) in [6.07, 6.45) is 0. The fraction of sp³-hybridized carbons (Fsp3) is 0.333. The Balaban J connectivity index is 3.14. The Morgan fingerprint density at radius 2 is 2.21 bits per heavy atom. The van der Waals surface area contributed by atoms with E-state index in [2.05, 4.69) is 0 Å². The minimum Gasteiger partial charge on any atom is -0.258 e. The molecular weight excluding hydrogens is 192 g/mol. The summed E-state index contributed by atoms with van der Waals surface area (Å²) in [5, 5.41) is 10.4. The molecule has 1 rings (SSSR count). The quantitative estimate of drug-likeness (QED) is 0.557. The zero-order valence-corrected chi connectivity index (χ0v) is 7.54. The molecule has 0 aromatic heterocycles. The van der Waals surface area contributed by atoms with E-state index in [0.717, 1.165) is 18.2 Å². The van der Waals surface area contributed by atoms with Crippen LogP contribution in [0.15, 0.2) is 18.2 Å². The molecule has 0 spiro atoms. The number of hydrogen-bond donors (Lipinski definition) is 0. The van der Waals surface area contributed by atoms with Gasteiger partial charge in [0.05, 0.1) is 11.6 Å². The summed E-state index contributed by atoms with van der Waals surface area (Å²) in [5.41, 5.74) is -0.177. The van der Waals surface area contributed by atoms with E-state index in [-0.39, 0.29) is 11.3 Å². The lowest BCUT2D eigenvalue weighted by molar-refractivity contribution is -0.385. The Bertz CT molecular complexity index is 355. The van der Waals surface area contributed by atoms with Crippen molar-refractivity contribution < 1.29 is 13.7 Å². The molecule has 3 nitrogen and oxygen atoms in total. The van der Waals surface area contributed by atoms with Crippen molar-refractivity contribution in [3.8, 4) is 0 Å². The summed E-state index contributed by atoms with van der Waals surface area (Å²) in [6, 6.07) is 3.11. The highest BCUT2D eigenvalue weighted by Gasteiger charge is 2.15. The zero-order chi connectivity index (χ0) is 10.7. The number of nitro benzene ring substituents is 1. The number of nitro groups is 1. The van der Waals surface area contributed by atoms with Crippen molar-refractivity contribution in [1.29, 1.82) is 0 Å². The van der Waals surface area contributed by atoms with Crippen molar-refractivity contribution in [3.05, 3.63) is 39.7 Å². The normalized spacial score (nSPS) is 12.5. The molecule has 76 valence electrons. The first-order valence-electron chi connectivity index (χ1n) is 4.06. The standard InChI is InChI=1S/C9H9F2NO2/c1-6(5-10)8-4-7(12(13)14)2-3-9(8)11/h2-4,6H,5H2,1H3. The Kier molecular flexibility index (Phi) is 3.11. The van der Waals surface area contributed by atoms with Crippen LogP contribution in [0.4, 0.5) is 14.5 Å². The van der Waals surface area contributed by atoms with Gasteiger partial charge in [-0.2, -0.15) is 0 Å². The fourth-order valence-corrected chi connectivity index (χ4v) is 1.11. The van der Waals surface area contributed by atoms with E-state index in [0.29, 0.717) is 0 Å². The molecule has 0 amide bonds. The smallest absolute Gasteiger partial charge is 0.258 e. The lowest BCUT2D eigenvalue weighted by atomic mass is 10.0. The summed E-state index contributed by atoms with van der Waals surface area (Å²) in [7, 11) is 0. The van der Waals surface area contributed by atoms with Crippen LogP contribution in [-0.4, -0.2) is 11.6 Å². The van der Waals surface area contributed by atoms with Crippen molar-refractivity contribution in [1.82, 2.24) is 0 Å². The van der Waals surface area contributed by atoms with Gasteiger partial charge in [0, 0.05) is 23.6 Å². The van der Waals surface area contributed by atoms with Gasteiger partial charge in [-0.3, -0.25) is 14.5 Å². The van der Waals surface area contributed by atoms with Gasteiger partial charge in [-0.1, -0.05) is 6.92 Å². The van der Waals surface area contributed by atoms with Crippen LogP contribution in [-0.2, 0) is 0 Å². The highest BCUT2D eigenvalue weighted by atomic mass is 19.1. The van der Waals surface area contributed by atoms with Crippen LogP contribution in [0.5, 0.6) is 0 Å². The van der Waals surface area contributed by atoms with Gasteiger partial charge >= 0.3 is 0 Å². The summed E-state index contributed by atoms with van der Waals surface area (Å²) < 4.78 is 25.3. The van der Waals surface area contributed by atoms with Crippen molar-refractivity contribution in [3.63, 3.8) is 0 Å². The zero-order valence-electron chi connectivity index (χ0n) is 7.54. The van der Waals surface area contributed by atoms with Crippen molar-refractivity contribution in [2.45, 2.75) is 12.8 Å².